The van der Waals surface area contributed by atoms with Crippen molar-refractivity contribution in [3.05, 3.63) is 35.4 Å². The third-order valence-corrected chi connectivity index (χ3v) is 2.66. The molecular weight excluding hydrogens is 255 g/mol. The molecule has 0 aliphatic carbocycles. The summed E-state index contributed by atoms with van der Waals surface area (Å²) in [7, 11) is 0. The van der Waals surface area contributed by atoms with E-state index in [0.29, 0.717) is 18.0 Å². The number of hydrogen-bond acceptors (Lipinski definition) is 1. The Kier molecular flexibility index (Phi) is 5.39. The van der Waals surface area contributed by atoms with Crippen molar-refractivity contribution in [3.8, 4) is 0 Å². The van der Waals surface area contributed by atoms with Gasteiger partial charge in [-0.15, -0.1) is 0 Å². The maximum absolute atomic E-state index is 12.5. The van der Waals surface area contributed by atoms with Gasteiger partial charge in [0.25, 0.3) is 0 Å². The van der Waals surface area contributed by atoms with E-state index in [0.717, 1.165) is 18.6 Å². The number of carbonyl (C=O) groups is 1. The summed E-state index contributed by atoms with van der Waals surface area (Å²) < 4.78 is 37.5. The van der Waals surface area contributed by atoms with Gasteiger partial charge in [0.1, 0.15) is 0 Å². The highest BCUT2D eigenvalue weighted by Crippen LogP contribution is 2.29. The first kappa shape index (κ1) is 15.5. The van der Waals surface area contributed by atoms with Gasteiger partial charge in [-0.2, -0.15) is 13.2 Å². The highest BCUT2D eigenvalue weighted by Gasteiger charge is 2.30. The van der Waals surface area contributed by atoms with Crippen LogP contribution in [-0.4, -0.2) is 12.5 Å². The van der Waals surface area contributed by atoms with Gasteiger partial charge in [0.05, 0.1) is 12.0 Å². The van der Waals surface area contributed by atoms with Crippen LogP contribution in [0.1, 0.15) is 31.4 Å². The Balaban J connectivity index is 2.55. The number of amides is 1. The normalized spacial score (nSPS) is 11.7. The summed E-state index contributed by atoms with van der Waals surface area (Å²) in [4.78, 5) is 11.6. The van der Waals surface area contributed by atoms with Crippen molar-refractivity contribution >= 4 is 5.91 Å². The van der Waals surface area contributed by atoms with Crippen molar-refractivity contribution in [1.82, 2.24) is 5.32 Å². The molecule has 1 rings (SSSR count). The molecule has 0 radical (unpaired) electrons. The number of carbonyl (C=O) groups excluding carboxylic acids is 1. The fourth-order valence-electron chi connectivity index (χ4n) is 1.61. The van der Waals surface area contributed by atoms with Gasteiger partial charge in [-0.3, -0.25) is 4.79 Å². The van der Waals surface area contributed by atoms with E-state index in [9.17, 15) is 18.0 Å². The Bertz CT molecular complexity index is 427. The summed E-state index contributed by atoms with van der Waals surface area (Å²) in [5.41, 5.74) is -0.350. The van der Waals surface area contributed by atoms with Crippen molar-refractivity contribution in [2.45, 2.75) is 32.9 Å². The van der Waals surface area contributed by atoms with Crippen LogP contribution in [-0.2, 0) is 17.4 Å². The van der Waals surface area contributed by atoms with Gasteiger partial charge in [-0.1, -0.05) is 32.0 Å². The van der Waals surface area contributed by atoms with E-state index in [1.807, 2.05) is 13.8 Å². The van der Waals surface area contributed by atoms with E-state index in [2.05, 4.69) is 5.32 Å². The topological polar surface area (TPSA) is 29.1 Å². The highest BCUT2D eigenvalue weighted by atomic mass is 19.4. The van der Waals surface area contributed by atoms with E-state index in [1.165, 1.54) is 12.1 Å². The molecule has 0 spiro atoms. The van der Waals surface area contributed by atoms with Crippen molar-refractivity contribution < 1.29 is 18.0 Å². The van der Waals surface area contributed by atoms with Gasteiger partial charge >= 0.3 is 6.18 Å². The van der Waals surface area contributed by atoms with Gasteiger partial charge in [-0.25, -0.2) is 0 Å². The summed E-state index contributed by atoms with van der Waals surface area (Å²) >= 11 is 0. The first-order chi connectivity index (χ1) is 8.79. The van der Waals surface area contributed by atoms with Gasteiger partial charge < -0.3 is 5.32 Å². The van der Waals surface area contributed by atoms with Crippen molar-refractivity contribution in [1.29, 1.82) is 0 Å². The van der Waals surface area contributed by atoms with E-state index >= 15 is 0 Å². The maximum atomic E-state index is 12.5. The Morgan fingerprint density at radius 3 is 2.58 bits per heavy atom. The largest absolute Gasteiger partial charge is 0.416 e. The summed E-state index contributed by atoms with van der Waals surface area (Å²) in [6.07, 6.45) is -3.54. The second-order valence-electron chi connectivity index (χ2n) is 4.91. The Labute approximate surface area is 111 Å². The Hall–Kier alpha value is -1.52. The minimum absolute atomic E-state index is 0.0258. The molecule has 106 valence electrons. The molecule has 19 heavy (non-hydrogen) atoms. The number of benzene rings is 1. The van der Waals surface area contributed by atoms with Crippen LogP contribution < -0.4 is 5.32 Å². The van der Waals surface area contributed by atoms with Gasteiger partial charge in [0.15, 0.2) is 0 Å². The smallest absolute Gasteiger partial charge is 0.356 e. The van der Waals surface area contributed by atoms with E-state index < -0.39 is 11.7 Å². The van der Waals surface area contributed by atoms with Crippen molar-refractivity contribution in [3.63, 3.8) is 0 Å². The molecular formula is C14H18F3NO. The molecule has 1 aromatic rings. The zero-order chi connectivity index (χ0) is 14.5. The zero-order valence-corrected chi connectivity index (χ0v) is 11.1. The SMILES string of the molecule is CC(C)CCNC(=O)Cc1cccc(C(F)(F)F)c1. The lowest BCUT2D eigenvalue weighted by atomic mass is 10.1. The van der Waals surface area contributed by atoms with Gasteiger partial charge in [0, 0.05) is 6.54 Å². The number of rotatable bonds is 5. The molecule has 0 heterocycles. The quantitative estimate of drug-likeness (QED) is 0.875. The van der Waals surface area contributed by atoms with Gasteiger partial charge in [-0.05, 0) is 24.0 Å². The predicted octanol–water partition coefficient (Wildman–Crippen LogP) is 3.41. The first-order valence-corrected chi connectivity index (χ1v) is 6.22. The minimum Gasteiger partial charge on any atom is -0.356 e. The highest BCUT2D eigenvalue weighted by molar-refractivity contribution is 5.78. The van der Waals surface area contributed by atoms with Crippen LogP contribution in [0.2, 0.25) is 0 Å². The van der Waals surface area contributed by atoms with Crippen molar-refractivity contribution in [2.24, 2.45) is 5.92 Å². The van der Waals surface area contributed by atoms with Crippen molar-refractivity contribution in [2.75, 3.05) is 6.54 Å². The molecule has 0 saturated heterocycles. The average Bonchev–Trinajstić information content (AvgIpc) is 2.27. The summed E-state index contributed by atoms with van der Waals surface area (Å²) in [6, 6.07) is 4.86. The number of hydrogen-bond donors (Lipinski definition) is 1. The molecule has 0 aliphatic heterocycles. The van der Waals surface area contributed by atoms with Crippen LogP contribution >= 0.6 is 0 Å². The average molecular weight is 273 g/mol. The van der Waals surface area contributed by atoms with E-state index in [1.54, 1.807) is 0 Å². The lowest BCUT2D eigenvalue weighted by molar-refractivity contribution is -0.137. The third kappa shape index (κ3) is 5.77. The molecule has 0 aromatic heterocycles. The zero-order valence-electron chi connectivity index (χ0n) is 11.1. The van der Waals surface area contributed by atoms with Crippen LogP contribution in [0.25, 0.3) is 0 Å². The number of nitrogens with one attached hydrogen (secondary N) is 1. The van der Waals surface area contributed by atoms with E-state index in [4.69, 9.17) is 0 Å². The second-order valence-corrected chi connectivity index (χ2v) is 4.91. The third-order valence-electron chi connectivity index (χ3n) is 2.66. The predicted molar refractivity (Wildman–Crippen MR) is 67.6 cm³/mol. The van der Waals surface area contributed by atoms with Crippen LogP contribution in [0.5, 0.6) is 0 Å². The van der Waals surface area contributed by atoms with Gasteiger partial charge in [0.2, 0.25) is 5.91 Å². The van der Waals surface area contributed by atoms with E-state index in [-0.39, 0.29) is 12.3 Å². The molecule has 0 atom stereocenters. The molecule has 2 nitrogen and oxygen atoms in total. The Morgan fingerprint density at radius 2 is 2.00 bits per heavy atom. The Morgan fingerprint density at radius 1 is 1.32 bits per heavy atom. The molecule has 5 heteroatoms. The van der Waals surface area contributed by atoms with Crippen LogP contribution in [0.15, 0.2) is 24.3 Å². The summed E-state index contributed by atoms with van der Waals surface area (Å²) in [5, 5.41) is 2.70. The first-order valence-electron chi connectivity index (χ1n) is 6.22. The lowest BCUT2D eigenvalue weighted by Crippen LogP contribution is -2.27. The monoisotopic (exact) mass is 273 g/mol. The van der Waals surface area contributed by atoms with Crippen LogP contribution in [0.4, 0.5) is 13.2 Å². The number of halogens is 3. The fourth-order valence-corrected chi connectivity index (χ4v) is 1.61. The molecule has 0 aliphatic rings. The fraction of sp³-hybridized carbons (Fsp3) is 0.500. The second kappa shape index (κ2) is 6.59. The number of alkyl halides is 3. The lowest BCUT2D eigenvalue weighted by Gasteiger charge is -2.09. The van der Waals surface area contributed by atoms with Crippen LogP contribution in [0, 0.1) is 5.92 Å². The molecule has 1 amide bonds. The van der Waals surface area contributed by atoms with Crippen LogP contribution in [0.3, 0.4) is 0 Å². The standard InChI is InChI=1S/C14H18F3NO/c1-10(2)6-7-18-13(19)9-11-4-3-5-12(8-11)14(15,16)17/h3-5,8,10H,6-7,9H2,1-2H3,(H,18,19). The molecule has 0 bridgehead atoms. The summed E-state index contributed by atoms with van der Waals surface area (Å²) in [6.45, 7) is 4.63. The molecule has 0 fully saturated rings. The summed E-state index contributed by atoms with van der Waals surface area (Å²) in [5.74, 6) is 0.230. The molecule has 1 aromatic carbocycles. The molecule has 0 unspecified atom stereocenters. The minimum atomic E-state index is -4.37. The molecule has 1 N–H and O–H groups in total. The molecule has 0 saturated carbocycles. The maximum Gasteiger partial charge on any atom is 0.416 e.